The second kappa shape index (κ2) is 5.48. The van der Waals surface area contributed by atoms with E-state index in [1.165, 1.54) is 7.11 Å². The van der Waals surface area contributed by atoms with Crippen LogP contribution in [0.2, 0.25) is 0 Å². The molecule has 1 rings (SSSR count). The molecule has 3 N–H and O–H groups in total. The normalized spacial score (nSPS) is 12.2. The van der Waals surface area contributed by atoms with E-state index in [9.17, 15) is 4.79 Å². The van der Waals surface area contributed by atoms with Crippen molar-refractivity contribution in [3.63, 3.8) is 0 Å². The van der Waals surface area contributed by atoms with Gasteiger partial charge in [0, 0.05) is 12.5 Å². The molecule has 4 nitrogen and oxygen atoms in total. The molecule has 1 aromatic carbocycles. The molecule has 4 heteroatoms. The predicted octanol–water partition coefficient (Wildman–Crippen LogP) is 0.508. The molecule has 0 heterocycles. The van der Waals surface area contributed by atoms with Gasteiger partial charge in [-0.1, -0.05) is 18.2 Å². The van der Waals surface area contributed by atoms with Crippen LogP contribution in [0.5, 0.6) is 0 Å². The van der Waals surface area contributed by atoms with Crippen LogP contribution < -0.4 is 5.73 Å². The third kappa shape index (κ3) is 2.55. The van der Waals surface area contributed by atoms with Gasteiger partial charge in [0.1, 0.15) is 0 Å². The molecule has 0 aromatic heterocycles. The van der Waals surface area contributed by atoms with Gasteiger partial charge >= 0.3 is 5.97 Å². The van der Waals surface area contributed by atoms with Gasteiger partial charge in [0.25, 0.3) is 0 Å². The number of hydrogen-bond donors (Lipinski definition) is 2. The van der Waals surface area contributed by atoms with Crippen LogP contribution >= 0.6 is 0 Å². The Bertz CT molecular complexity index is 334. The maximum absolute atomic E-state index is 11.4. The number of hydrogen-bond acceptors (Lipinski definition) is 4. The van der Waals surface area contributed by atoms with Gasteiger partial charge in [0.05, 0.1) is 19.3 Å². The van der Waals surface area contributed by atoms with E-state index in [1.807, 2.05) is 0 Å². The SMILES string of the molecule is COC(=O)c1ccccc1C(CN)CO. The Hall–Kier alpha value is -1.39. The van der Waals surface area contributed by atoms with E-state index in [0.717, 1.165) is 5.56 Å². The minimum Gasteiger partial charge on any atom is -0.465 e. The molecule has 0 aliphatic carbocycles. The first-order valence-electron chi connectivity index (χ1n) is 4.72. The Morgan fingerprint density at radius 3 is 2.73 bits per heavy atom. The van der Waals surface area contributed by atoms with E-state index in [1.54, 1.807) is 24.3 Å². The zero-order valence-corrected chi connectivity index (χ0v) is 8.64. The van der Waals surface area contributed by atoms with Gasteiger partial charge in [-0.2, -0.15) is 0 Å². The summed E-state index contributed by atoms with van der Waals surface area (Å²) in [6, 6.07) is 7.00. The number of ether oxygens (including phenoxy) is 1. The molecular formula is C11H15NO3. The Labute approximate surface area is 88.7 Å². The van der Waals surface area contributed by atoms with Crippen LogP contribution in [0.4, 0.5) is 0 Å². The first-order valence-corrected chi connectivity index (χ1v) is 4.72. The zero-order chi connectivity index (χ0) is 11.3. The molecule has 0 amide bonds. The van der Waals surface area contributed by atoms with Gasteiger partial charge in [0.15, 0.2) is 0 Å². The maximum atomic E-state index is 11.4. The van der Waals surface area contributed by atoms with Crippen LogP contribution in [0.3, 0.4) is 0 Å². The van der Waals surface area contributed by atoms with Crippen LogP contribution in [-0.4, -0.2) is 31.3 Å². The molecule has 1 aromatic rings. The highest BCUT2D eigenvalue weighted by Crippen LogP contribution is 2.19. The number of nitrogens with two attached hydrogens (primary N) is 1. The molecule has 0 bridgehead atoms. The van der Waals surface area contributed by atoms with E-state index in [-0.39, 0.29) is 12.5 Å². The molecule has 0 fully saturated rings. The van der Waals surface area contributed by atoms with Crippen LogP contribution in [-0.2, 0) is 4.74 Å². The Balaban J connectivity index is 3.10. The number of rotatable bonds is 4. The summed E-state index contributed by atoms with van der Waals surface area (Å²) in [6.45, 7) is 0.217. The lowest BCUT2D eigenvalue weighted by atomic mass is 9.95. The summed E-state index contributed by atoms with van der Waals surface area (Å²) < 4.78 is 4.65. The molecule has 1 atom stereocenters. The number of methoxy groups -OCH3 is 1. The Kier molecular flexibility index (Phi) is 4.27. The van der Waals surface area contributed by atoms with Gasteiger partial charge in [-0.3, -0.25) is 0 Å². The molecule has 0 radical (unpaired) electrons. The molecule has 1 unspecified atom stereocenters. The smallest absolute Gasteiger partial charge is 0.338 e. The average molecular weight is 209 g/mol. The molecule has 0 saturated carbocycles. The van der Waals surface area contributed by atoms with Crippen LogP contribution in [0.15, 0.2) is 24.3 Å². The van der Waals surface area contributed by atoms with Gasteiger partial charge in [0.2, 0.25) is 0 Å². The van der Waals surface area contributed by atoms with Crippen LogP contribution in [0.25, 0.3) is 0 Å². The van der Waals surface area contributed by atoms with Gasteiger partial charge in [-0.05, 0) is 11.6 Å². The molecule has 15 heavy (non-hydrogen) atoms. The molecule has 0 spiro atoms. The Morgan fingerprint density at radius 1 is 1.53 bits per heavy atom. The summed E-state index contributed by atoms with van der Waals surface area (Å²) in [6.07, 6.45) is 0. The van der Waals surface area contributed by atoms with E-state index >= 15 is 0 Å². The fraction of sp³-hybridized carbons (Fsp3) is 0.364. The lowest BCUT2D eigenvalue weighted by Gasteiger charge is -2.15. The standard InChI is InChI=1S/C11H15NO3/c1-15-11(14)10-5-3-2-4-9(10)8(6-12)7-13/h2-5,8,13H,6-7,12H2,1H3. The van der Waals surface area contributed by atoms with Crippen molar-refractivity contribution in [2.45, 2.75) is 5.92 Å². The summed E-state index contributed by atoms with van der Waals surface area (Å²) in [5.74, 6) is -0.627. The highest BCUT2D eigenvalue weighted by molar-refractivity contribution is 5.91. The van der Waals surface area contributed by atoms with E-state index in [0.29, 0.717) is 12.1 Å². The monoisotopic (exact) mass is 209 g/mol. The molecule has 0 aliphatic rings. The van der Waals surface area contributed by atoms with E-state index < -0.39 is 5.97 Å². The summed E-state index contributed by atoms with van der Waals surface area (Å²) >= 11 is 0. The Morgan fingerprint density at radius 2 is 2.20 bits per heavy atom. The van der Waals surface area contributed by atoms with Gasteiger partial charge < -0.3 is 15.6 Å². The fourth-order valence-corrected chi connectivity index (χ4v) is 1.45. The summed E-state index contributed by atoms with van der Waals surface area (Å²) in [4.78, 5) is 11.4. The maximum Gasteiger partial charge on any atom is 0.338 e. The summed E-state index contributed by atoms with van der Waals surface area (Å²) in [7, 11) is 1.33. The zero-order valence-electron chi connectivity index (χ0n) is 8.64. The van der Waals surface area contributed by atoms with E-state index in [4.69, 9.17) is 10.8 Å². The minimum atomic E-state index is -0.405. The van der Waals surface area contributed by atoms with Crippen molar-refractivity contribution in [1.29, 1.82) is 0 Å². The number of benzene rings is 1. The minimum absolute atomic E-state index is 0.0789. The van der Waals surface area contributed by atoms with Crippen molar-refractivity contribution in [3.05, 3.63) is 35.4 Å². The highest BCUT2D eigenvalue weighted by Gasteiger charge is 2.17. The van der Waals surface area contributed by atoms with Crippen molar-refractivity contribution in [1.82, 2.24) is 0 Å². The molecule has 82 valence electrons. The van der Waals surface area contributed by atoms with Crippen molar-refractivity contribution in [3.8, 4) is 0 Å². The molecular weight excluding hydrogens is 194 g/mol. The predicted molar refractivity (Wildman–Crippen MR) is 56.7 cm³/mol. The lowest BCUT2D eigenvalue weighted by Crippen LogP contribution is -2.19. The van der Waals surface area contributed by atoms with Gasteiger partial charge in [-0.15, -0.1) is 0 Å². The number of carbonyl (C=O) groups excluding carboxylic acids is 1. The van der Waals surface area contributed by atoms with E-state index in [2.05, 4.69) is 4.74 Å². The van der Waals surface area contributed by atoms with Crippen molar-refractivity contribution >= 4 is 5.97 Å². The highest BCUT2D eigenvalue weighted by atomic mass is 16.5. The number of carbonyl (C=O) groups is 1. The topological polar surface area (TPSA) is 72.5 Å². The fourth-order valence-electron chi connectivity index (χ4n) is 1.45. The first-order chi connectivity index (χ1) is 7.24. The summed E-state index contributed by atoms with van der Waals surface area (Å²) in [5, 5.41) is 9.13. The third-order valence-corrected chi connectivity index (χ3v) is 2.31. The second-order valence-electron chi connectivity index (χ2n) is 3.19. The van der Waals surface area contributed by atoms with Gasteiger partial charge in [-0.25, -0.2) is 4.79 Å². The summed E-state index contributed by atoms with van der Waals surface area (Å²) in [5.41, 5.74) is 6.71. The lowest BCUT2D eigenvalue weighted by molar-refractivity contribution is 0.0598. The number of aliphatic hydroxyl groups excluding tert-OH is 1. The van der Waals surface area contributed by atoms with Crippen LogP contribution in [0, 0.1) is 0 Å². The van der Waals surface area contributed by atoms with Crippen molar-refractivity contribution in [2.24, 2.45) is 5.73 Å². The first kappa shape index (κ1) is 11.7. The molecule has 0 aliphatic heterocycles. The average Bonchev–Trinajstić information content (AvgIpc) is 2.30. The quantitative estimate of drug-likeness (QED) is 0.708. The van der Waals surface area contributed by atoms with Crippen LogP contribution in [0.1, 0.15) is 21.8 Å². The van der Waals surface area contributed by atoms with Crippen molar-refractivity contribution in [2.75, 3.05) is 20.3 Å². The number of aliphatic hydroxyl groups is 1. The third-order valence-electron chi connectivity index (χ3n) is 2.31. The van der Waals surface area contributed by atoms with Crippen molar-refractivity contribution < 1.29 is 14.6 Å². The largest absolute Gasteiger partial charge is 0.465 e. The second-order valence-corrected chi connectivity index (χ2v) is 3.19. The number of esters is 1. The molecule has 0 saturated heterocycles.